The van der Waals surface area contributed by atoms with E-state index < -0.39 is 15.7 Å². The quantitative estimate of drug-likeness (QED) is 0.532. The fourth-order valence-corrected chi connectivity index (χ4v) is 3.41. The maximum Gasteiger partial charge on any atom is 0.320 e. The molecule has 1 unspecified atom stereocenters. The van der Waals surface area contributed by atoms with Crippen molar-refractivity contribution in [2.24, 2.45) is 0 Å². The third-order valence-corrected chi connectivity index (χ3v) is 4.40. The zero-order chi connectivity index (χ0) is 8.60. The largest absolute Gasteiger partial charge is 0.445 e. The van der Waals surface area contributed by atoms with Crippen LogP contribution in [0.2, 0.25) is 0 Å². The van der Waals surface area contributed by atoms with E-state index in [1.54, 1.807) is 0 Å². The summed E-state index contributed by atoms with van der Waals surface area (Å²) in [5.74, 6) is -0.171. The van der Waals surface area contributed by atoms with Crippen LogP contribution < -0.4 is 0 Å². The van der Waals surface area contributed by atoms with E-state index in [1.807, 2.05) is 0 Å². The first-order valence-electron chi connectivity index (χ1n) is 4.33. The average molecular weight is 188 g/mol. The van der Waals surface area contributed by atoms with Crippen molar-refractivity contribution < 1.29 is 13.7 Å². The molecule has 68 valence electrons. The maximum absolute atomic E-state index is 11.5. The van der Waals surface area contributed by atoms with Crippen LogP contribution in [0.15, 0.2) is 0 Å². The molecule has 0 N–H and O–H groups in total. The van der Waals surface area contributed by atoms with Gasteiger partial charge in [0.05, 0.1) is 10.8 Å². The molecule has 1 aliphatic carbocycles. The van der Waals surface area contributed by atoms with Gasteiger partial charge in [-0.1, -0.05) is 6.42 Å². The highest BCUT2D eigenvalue weighted by Gasteiger charge is 2.47. The smallest absolute Gasteiger partial charge is 0.320 e. The fraction of sp³-hybridized carbons (Fsp3) is 0.875. The van der Waals surface area contributed by atoms with Gasteiger partial charge in [-0.3, -0.25) is 9.00 Å². The zero-order valence-electron chi connectivity index (χ0n) is 6.88. The Morgan fingerprint density at radius 2 is 1.92 bits per heavy atom. The molecule has 1 saturated carbocycles. The van der Waals surface area contributed by atoms with E-state index in [4.69, 9.17) is 4.74 Å². The topological polar surface area (TPSA) is 43.4 Å². The highest BCUT2D eigenvalue weighted by molar-refractivity contribution is 7.87. The normalized spacial score (nSPS) is 33.7. The molecule has 3 nitrogen and oxygen atoms in total. The van der Waals surface area contributed by atoms with Crippen LogP contribution in [0, 0.1) is 0 Å². The van der Waals surface area contributed by atoms with Crippen LogP contribution in [0.1, 0.15) is 32.1 Å². The molecule has 1 aliphatic heterocycles. The number of carbonyl (C=O) groups excluding carboxylic acids is 1. The van der Waals surface area contributed by atoms with Gasteiger partial charge in [-0.25, -0.2) is 0 Å². The lowest BCUT2D eigenvalue weighted by Gasteiger charge is -2.29. The first kappa shape index (κ1) is 8.23. The molecule has 0 aromatic heterocycles. The summed E-state index contributed by atoms with van der Waals surface area (Å²) in [4.78, 5) is 10.3. The molecule has 1 spiro atoms. The lowest BCUT2D eigenvalue weighted by atomic mass is 9.97. The van der Waals surface area contributed by atoms with Crippen LogP contribution in [-0.4, -0.2) is 20.9 Å². The summed E-state index contributed by atoms with van der Waals surface area (Å²) in [6.45, 7) is 0. The lowest BCUT2D eigenvalue weighted by Crippen LogP contribution is -2.34. The van der Waals surface area contributed by atoms with E-state index in [-0.39, 0.29) is 11.7 Å². The molecule has 0 amide bonds. The number of esters is 1. The summed E-state index contributed by atoms with van der Waals surface area (Å²) in [7, 11) is -1.07. The SMILES string of the molecule is O=C1CS(=O)C2(CCCCC2)O1. The molecule has 4 heteroatoms. The van der Waals surface area contributed by atoms with Gasteiger partial charge in [-0.15, -0.1) is 0 Å². The predicted octanol–water partition coefficient (Wildman–Crippen LogP) is 0.952. The Morgan fingerprint density at radius 3 is 2.42 bits per heavy atom. The van der Waals surface area contributed by atoms with E-state index in [9.17, 15) is 9.00 Å². The Kier molecular flexibility index (Phi) is 1.94. The first-order valence-corrected chi connectivity index (χ1v) is 5.65. The monoisotopic (exact) mass is 188 g/mol. The number of rotatable bonds is 0. The highest BCUT2D eigenvalue weighted by atomic mass is 32.2. The average Bonchev–Trinajstić information content (AvgIpc) is 2.29. The number of ether oxygens (including phenoxy) is 1. The molecule has 0 aromatic carbocycles. The van der Waals surface area contributed by atoms with E-state index in [1.165, 1.54) is 6.42 Å². The van der Waals surface area contributed by atoms with Gasteiger partial charge >= 0.3 is 5.97 Å². The van der Waals surface area contributed by atoms with Crippen molar-refractivity contribution in [1.82, 2.24) is 0 Å². The highest BCUT2D eigenvalue weighted by Crippen LogP contribution is 2.38. The summed E-state index contributed by atoms with van der Waals surface area (Å²) >= 11 is 0. The number of hydrogen-bond donors (Lipinski definition) is 0. The molecule has 2 rings (SSSR count). The Hall–Kier alpha value is -0.380. The minimum atomic E-state index is -1.07. The summed E-state index contributed by atoms with van der Waals surface area (Å²) in [5.41, 5.74) is 0. The van der Waals surface area contributed by atoms with E-state index in [0.29, 0.717) is 0 Å². The van der Waals surface area contributed by atoms with Crippen LogP contribution in [-0.2, 0) is 20.3 Å². The van der Waals surface area contributed by atoms with Gasteiger partial charge < -0.3 is 4.74 Å². The van der Waals surface area contributed by atoms with Crippen molar-refractivity contribution in [3.05, 3.63) is 0 Å². The molecule has 1 heterocycles. The predicted molar refractivity (Wildman–Crippen MR) is 44.9 cm³/mol. The lowest BCUT2D eigenvalue weighted by molar-refractivity contribution is -0.147. The van der Waals surface area contributed by atoms with Crippen molar-refractivity contribution in [1.29, 1.82) is 0 Å². The second-order valence-corrected chi connectivity index (χ2v) is 5.16. The van der Waals surface area contributed by atoms with Gasteiger partial charge in [0, 0.05) is 0 Å². The summed E-state index contributed by atoms with van der Waals surface area (Å²) in [6.07, 6.45) is 4.85. The maximum atomic E-state index is 11.5. The third-order valence-electron chi connectivity index (χ3n) is 2.58. The van der Waals surface area contributed by atoms with Crippen molar-refractivity contribution in [2.75, 3.05) is 5.75 Å². The molecule has 0 radical (unpaired) electrons. The van der Waals surface area contributed by atoms with Gasteiger partial charge in [-0.2, -0.15) is 0 Å². The third kappa shape index (κ3) is 1.18. The van der Waals surface area contributed by atoms with Gasteiger partial charge in [-0.05, 0) is 25.7 Å². The Bertz CT molecular complexity index is 230. The van der Waals surface area contributed by atoms with Crippen molar-refractivity contribution in [2.45, 2.75) is 37.0 Å². The van der Waals surface area contributed by atoms with Crippen molar-refractivity contribution >= 4 is 16.8 Å². The zero-order valence-corrected chi connectivity index (χ0v) is 7.69. The molecule has 0 aromatic rings. The van der Waals surface area contributed by atoms with Crippen molar-refractivity contribution in [3.63, 3.8) is 0 Å². The van der Waals surface area contributed by atoms with Crippen molar-refractivity contribution in [3.8, 4) is 0 Å². The minimum Gasteiger partial charge on any atom is -0.445 e. The first-order chi connectivity index (χ1) is 5.73. The summed E-state index contributed by atoms with van der Waals surface area (Å²) in [6, 6.07) is 0. The second-order valence-electron chi connectivity index (χ2n) is 3.44. The molecule has 12 heavy (non-hydrogen) atoms. The van der Waals surface area contributed by atoms with Gasteiger partial charge in [0.2, 0.25) is 0 Å². The van der Waals surface area contributed by atoms with E-state index in [0.717, 1.165) is 25.7 Å². The Balaban J connectivity index is 2.18. The van der Waals surface area contributed by atoms with E-state index in [2.05, 4.69) is 0 Å². The van der Waals surface area contributed by atoms with Gasteiger partial charge in [0.1, 0.15) is 5.75 Å². The van der Waals surface area contributed by atoms with Crippen LogP contribution in [0.3, 0.4) is 0 Å². The molecule has 1 atom stereocenters. The Morgan fingerprint density at radius 1 is 1.25 bits per heavy atom. The van der Waals surface area contributed by atoms with Gasteiger partial charge in [0.15, 0.2) is 4.93 Å². The molecule has 2 fully saturated rings. The van der Waals surface area contributed by atoms with Crippen LogP contribution in [0.5, 0.6) is 0 Å². The second kappa shape index (κ2) is 2.83. The number of carbonyl (C=O) groups is 1. The molecular formula is C8H12O3S. The summed E-state index contributed by atoms with van der Waals surface area (Å²) < 4.78 is 16.7. The molecule has 2 aliphatic rings. The van der Waals surface area contributed by atoms with Crippen LogP contribution in [0.25, 0.3) is 0 Å². The van der Waals surface area contributed by atoms with Gasteiger partial charge in [0.25, 0.3) is 0 Å². The van der Waals surface area contributed by atoms with E-state index >= 15 is 0 Å². The summed E-state index contributed by atoms with van der Waals surface area (Å²) in [5, 5.41) is 0. The fourth-order valence-electron chi connectivity index (χ4n) is 1.94. The minimum absolute atomic E-state index is 0.111. The Labute approximate surface area is 73.9 Å². The molecule has 0 bridgehead atoms. The van der Waals surface area contributed by atoms with Crippen LogP contribution >= 0.6 is 0 Å². The standard InChI is InChI=1S/C8H12O3S/c9-7-6-12(10)8(11-7)4-2-1-3-5-8/h1-6H2. The molecule has 1 saturated heterocycles. The van der Waals surface area contributed by atoms with Crippen LogP contribution in [0.4, 0.5) is 0 Å². The number of hydrogen-bond acceptors (Lipinski definition) is 3. The molecular weight excluding hydrogens is 176 g/mol.